The second kappa shape index (κ2) is 6.05. The monoisotopic (exact) mass is 252 g/mol. The van der Waals surface area contributed by atoms with E-state index in [2.05, 4.69) is 24.5 Å². The minimum atomic E-state index is -4.05. The van der Waals surface area contributed by atoms with Crippen molar-refractivity contribution in [1.82, 2.24) is 10.6 Å². The summed E-state index contributed by atoms with van der Waals surface area (Å²) in [5, 5.41) is 6.28. The van der Waals surface area contributed by atoms with Gasteiger partial charge < -0.3 is 10.6 Å². The van der Waals surface area contributed by atoms with Crippen molar-refractivity contribution in [1.29, 1.82) is 0 Å². The van der Waals surface area contributed by atoms with Gasteiger partial charge in [-0.2, -0.15) is 13.2 Å². The smallest absolute Gasteiger partial charge is 0.316 e. The van der Waals surface area contributed by atoms with Gasteiger partial charge in [-0.15, -0.1) is 0 Å². The largest absolute Gasteiger partial charge is 0.390 e. The molecule has 0 amide bonds. The van der Waals surface area contributed by atoms with E-state index in [1.165, 1.54) is 6.42 Å². The van der Waals surface area contributed by atoms with Gasteiger partial charge >= 0.3 is 6.18 Å². The first kappa shape index (κ1) is 14.8. The van der Waals surface area contributed by atoms with E-state index in [-0.39, 0.29) is 12.0 Å². The number of rotatable bonds is 5. The summed E-state index contributed by atoms with van der Waals surface area (Å²) >= 11 is 0. The second-order valence-corrected chi connectivity index (χ2v) is 5.57. The Morgan fingerprint density at radius 2 is 2.00 bits per heavy atom. The van der Waals surface area contributed by atoms with Crippen molar-refractivity contribution in [2.24, 2.45) is 11.3 Å². The molecule has 1 aliphatic heterocycles. The van der Waals surface area contributed by atoms with Crippen molar-refractivity contribution in [2.45, 2.75) is 39.3 Å². The fourth-order valence-corrected chi connectivity index (χ4v) is 2.30. The van der Waals surface area contributed by atoms with Crippen LogP contribution in [0.5, 0.6) is 0 Å². The van der Waals surface area contributed by atoms with E-state index in [0.29, 0.717) is 12.5 Å². The van der Waals surface area contributed by atoms with Crippen molar-refractivity contribution in [3.05, 3.63) is 0 Å². The lowest BCUT2D eigenvalue weighted by Crippen LogP contribution is -2.43. The van der Waals surface area contributed by atoms with E-state index in [9.17, 15) is 13.2 Å². The van der Waals surface area contributed by atoms with E-state index in [0.717, 1.165) is 19.5 Å². The van der Waals surface area contributed by atoms with Gasteiger partial charge in [0.1, 0.15) is 0 Å². The highest BCUT2D eigenvalue weighted by atomic mass is 19.4. The van der Waals surface area contributed by atoms with Crippen molar-refractivity contribution in [3.8, 4) is 0 Å². The van der Waals surface area contributed by atoms with E-state index >= 15 is 0 Å². The van der Waals surface area contributed by atoms with Gasteiger partial charge in [0.25, 0.3) is 0 Å². The molecular weight excluding hydrogens is 229 g/mol. The molecular formula is C12H23F3N2. The number of hydrogen-bond donors (Lipinski definition) is 2. The summed E-state index contributed by atoms with van der Waals surface area (Å²) in [5.41, 5.74) is 0.0546. The molecule has 2 N–H and O–H groups in total. The van der Waals surface area contributed by atoms with Crippen LogP contribution in [0.2, 0.25) is 0 Å². The summed E-state index contributed by atoms with van der Waals surface area (Å²) in [6.07, 6.45) is -2.47. The Hall–Kier alpha value is -0.290. The third kappa shape index (κ3) is 5.73. The third-order valence-electron chi connectivity index (χ3n) is 3.57. The highest BCUT2D eigenvalue weighted by Gasteiger charge is 2.31. The topological polar surface area (TPSA) is 24.1 Å². The summed E-state index contributed by atoms with van der Waals surface area (Å²) in [6, 6.07) is 0. The molecule has 0 radical (unpaired) electrons. The van der Waals surface area contributed by atoms with Crippen LogP contribution in [0.25, 0.3) is 0 Å². The van der Waals surface area contributed by atoms with Crippen LogP contribution in [0, 0.1) is 11.3 Å². The number of halogens is 3. The lowest BCUT2D eigenvalue weighted by molar-refractivity contribution is -0.133. The number of piperidine rings is 1. The van der Waals surface area contributed by atoms with Gasteiger partial charge in [-0.3, -0.25) is 0 Å². The molecule has 2 nitrogen and oxygen atoms in total. The fraction of sp³-hybridized carbons (Fsp3) is 1.00. The number of alkyl halides is 3. The fourth-order valence-electron chi connectivity index (χ4n) is 2.30. The summed E-state index contributed by atoms with van der Waals surface area (Å²) in [4.78, 5) is 0. The molecule has 1 aliphatic rings. The number of hydrogen-bond acceptors (Lipinski definition) is 2. The SMILES string of the molecule is CC(C)(CNCCC(F)(F)F)C1CCCNC1. The molecule has 0 aromatic heterocycles. The van der Waals surface area contributed by atoms with Crippen LogP contribution >= 0.6 is 0 Å². The van der Waals surface area contributed by atoms with Crippen LogP contribution < -0.4 is 10.6 Å². The Balaban J connectivity index is 2.24. The zero-order valence-electron chi connectivity index (χ0n) is 10.7. The first-order valence-corrected chi connectivity index (χ1v) is 6.29. The minimum Gasteiger partial charge on any atom is -0.316 e. The van der Waals surface area contributed by atoms with Gasteiger partial charge in [-0.05, 0) is 37.3 Å². The maximum Gasteiger partial charge on any atom is 0.390 e. The molecule has 1 rings (SSSR count). The van der Waals surface area contributed by atoms with Crippen molar-refractivity contribution in [3.63, 3.8) is 0 Å². The molecule has 1 heterocycles. The third-order valence-corrected chi connectivity index (χ3v) is 3.57. The molecule has 1 saturated heterocycles. The predicted octanol–water partition coefficient (Wildman–Crippen LogP) is 2.55. The summed E-state index contributed by atoms with van der Waals surface area (Å²) < 4.78 is 35.9. The molecule has 0 spiro atoms. The van der Waals surface area contributed by atoms with E-state index in [4.69, 9.17) is 0 Å². The molecule has 102 valence electrons. The molecule has 1 fully saturated rings. The Morgan fingerprint density at radius 3 is 2.53 bits per heavy atom. The van der Waals surface area contributed by atoms with Gasteiger partial charge in [-0.1, -0.05) is 13.8 Å². The molecule has 1 atom stereocenters. The van der Waals surface area contributed by atoms with Gasteiger partial charge in [0.05, 0.1) is 6.42 Å². The summed E-state index contributed by atoms with van der Waals surface area (Å²) in [5.74, 6) is 0.551. The average Bonchev–Trinajstić information content (AvgIpc) is 2.25. The van der Waals surface area contributed by atoms with E-state index in [1.807, 2.05) is 0 Å². The van der Waals surface area contributed by atoms with Gasteiger partial charge in [-0.25, -0.2) is 0 Å². The molecule has 0 saturated carbocycles. The van der Waals surface area contributed by atoms with Crippen molar-refractivity contribution in [2.75, 3.05) is 26.2 Å². The van der Waals surface area contributed by atoms with Crippen molar-refractivity contribution >= 4 is 0 Å². The molecule has 0 aromatic carbocycles. The Bertz CT molecular complexity index is 220. The first-order chi connectivity index (χ1) is 7.81. The van der Waals surface area contributed by atoms with Crippen LogP contribution in [0.4, 0.5) is 13.2 Å². The molecule has 17 heavy (non-hydrogen) atoms. The Kier molecular flexibility index (Phi) is 5.25. The lowest BCUT2D eigenvalue weighted by Gasteiger charge is -2.37. The summed E-state index contributed by atoms with van der Waals surface area (Å²) in [7, 11) is 0. The van der Waals surface area contributed by atoms with Gasteiger partial charge in [0.15, 0.2) is 0 Å². The maximum absolute atomic E-state index is 12.0. The molecule has 0 bridgehead atoms. The molecule has 0 aromatic rings. The molecule has 5 heteroatoms. The second-order valence-electron chi connectivity index (χ2n) is 5.57. The highest BCUT2D eigenvalue weighted by molar-refractivity contribution is 4.84. The van der Waals surface area contributed by atoms with Crippen molar-refractivity contribution < 1.29 is 13.2 Å². The zero-order valence-corrected chi connectivity index (χ0v) is 10.7. The maximum atomic E-state index is 12.0. The van der Waals surface area contributed by atoms with Crippen LogP contribution in [0.1, 0.15) is 33.1 Å². The zero-order chi connectivity index (χ0) is 12.9. The minimum absolute atomic E-state index is 0.0209. The highest BCUT2D eigenvalue weighted by Crippen LogP contribution is 2.31. The number of nitrogens with one attached hydrogen (secondary N) is 2. The predicted molar refractivity (Wildman–Crippen MR) is 62.9 cm³/mol. The molecule has 0 aliphatic carbocycles. The standard InChI is InChI=1S/C12H23F3N2/c1-11(2,10-4-3-6-16-8-10)9-17-7-5-12(13,14)15/h10,16-17H,3-9H2,1-2H3. The normalized spacial score (nSPS) is 22.8. The van der Waals surface area contributed by atoms with Gasteiger partial charge in [0, 0.05) is 13.1 Å². The first-order valence-electron chi connectivity index (χ1n) is 6.29. The Morgan fingerprint density at radius 1 is 1.29 bits per heavy atom. The van der Waals surface area contributed by atoms with Crippen LogP contribution in [0.15, 0.2) is 0 Å². The summed E-state index contributed by atoms with van der Waals surface area (Å²) in [6.45, 7) is 6.97. The van der Waals surface area contributed by atoms with Gasteiger partial charge in [0.2, 0.25) is 0 Å². The average molecular weight is 252 g/mol. The van der Waals surface area contributed by atoms with Crippen LogP contribution in [0.3, 0.4) is 0 Å². The molecule has 1 unspecified atom stereocenters. The van der Waals surface area contributed by atoms with E-state index in [1.54, 1.807) is 0 Å². The Labute approximate surface area is 101 Å². The quantitative estimate of drug-likeness (QED) is 0.735. The lowest BCUT2D eigenvalue weighted by atomic mass is 9.75. The van der Waals surface area contributed by atoms with Crippen LogP contribution in [-0.2, 0) is 0 Å². The van der Waals surface area contributed by atoms with E-state index < -0.39 is 12.6 Å². The van der Waals surface area contributed by atoms with Crippen LogP contribution in [-0.4, -0.2) is 32.4 Å².